The molecule has 2 aromatic carbocycles. The van der Waals surface area contributed by atoms with E-state index in [4.69, 9.17) is 11.6 Å². The van der Waals surface area contributed by atoms with E-state index >= 15 is 0 Å². The van der Waals surface area contributed by atoms with E-state index in [9.17, 15) is 4.39 Å². The Hall–Kier alpha value is -1.38. The largest absolute Gasteiger partial charge is 0.206 e. The molecule has 0 N–H and O–H groups in total. The molecule has 3 rings (SSSR count). The van der Waals surface area contributed by atoms with E-state index in [-0.39, 0.29) is 11.2 Å². The van der Waals surface area contributed by atoms with Gasteiger partial charge in [-0.2, -0.15) is 0 Å². The van der Waals surface area contributed by atoms with Crippen LogP contribution < -0.4 is 0 Å². The molecule has 3 heteroatoms. The lowest BCUT2D eigenvalue weighted by molar-refractivity contribution is 0.639. The van der Waals surface area contributed by atoms with Crippen LogP contribution in [0.1, 0.15) is 21.4 Å². The van der Waals surface area contributed by atoms with E-state index in [0.717, 1.165) is 15.8 Å². The summed E-state index contributed by atoms with van der Waals surface area (Å²) in [6, 6.07) is 12.8. The van der Waals surface area contributed by atoms with Gasteiger partial charge in [-0.15, -0.1) is 22.9 Å². The Morgan fingerprint density at radius 3 is 2.47 bits per heavy atom. The van der Waals surface area contributed by atoms with Crippen LogP contribution in [0, 0.1) is 12.7 Å². The first-order valence-electron chi connectivity index (χ1n) is 6.03. The molecule has 0 aliphatic heterocycles. The van der Waals surface area contributed by atoms with Crippen molar-refractivity contribution in [2.75, 3.05) is 0 Å². The second-order valence-electron chi connectivity index (χ2n) is 4.51. The van der Waals surface area contributed by atoms with Gasteiger partial charge >= 0.3 is 0 Å². The molecule has 3 aromatic rings. The fourth-order valence-corrected chi connectivity index (χ4v) is 3.73. The van der Waals surface area contributed by atoms with Crippen molar-refractivity contribution in [3.63, 3.8) is 0 Å². The van der Waals surface area contributed by atoms with Gasteiger partial charge in [0.2, 0.25) is 0 Å². The van der Waals surface area contributed by atoms with Crippen LogP contribution in [0.15, 0.2) is 47.8 Å². The summed E-state index contributed by atoms with van der Waals surface area (Å²) < 4.78 is 13.8. The minimum atomic E-state index is -0.231. The monoisotopic (exact) mass is 290 g/mol. The molecule has 1 atom stereocenters. The Bertz CT molecular complexity index is 732. The van der Waals surface area contributed by atoms with E-state index < -0.39 is 0 Å². The van der Waals surface area contributed by atoms with Crippen LogP contribution in [0.2, 0.25) is 0 Å². The van der Waals surface area contributed by atoms with Crippen LogP contribution in [0.3, 0.4) is 0 Å². The highest BCUT2D eigenvalue weighted by atomic mass is 35.5. The summed E-state index contributed by atoms with van der Waals surface area (Å²) in [5.74, 6) is -0.203. The van der Waals surface area contributed by atoms with Gasteiger partial charge in [-0.1, -0.05) is 30.3 Å². The van der Waals surface area contributed by atoms with E-state index in [1.54, 1.807) is 23.5 Å². The molecule has 96 valence electrons. The predicted molar refractivity (Wildman–Crippen MR) is 80.7 cm³/mol. The van der Waals surface area contributed by atoms with Crippen LogP contribution in [0.25, 0.3) is 10.8 Å². The molecule has 0 bridgehead atoms. The highest BCUT2D eigenvalue weighted by molar-refractivity contribution is 7.10. The van der Waals surface area contributed by atoms with E-state index in [1.807, 2.05) is 30.5 Å². The van der Waals surface area contributed by atoms with E-state index in [2.05, 4.69) is 6.07 Å². The van der Waals surface area contributed by atoms with Crippen LogP contribution in [-0.4, -0.2) is 0 Å². The van der Waals surface area contributed by atoms with E-state index in [1.165, 1.54) is 11.6 Å². The summed E-state index contributed by atoms with van der Waals surface area (Å²) in [6.07, 6.45) is 0. The van der Waals surface area contributed by atoms with Crippen molar-refractivity contribution in [1.29, 1.82) is 0 Å². The number of fused-ring (bicyclic) bond motifs is 1. The molecular weight excluding hydrogens is 279 g/mol. The molecule has 0 saturated heterocycles. The lowest BCUT2D eigenvalue weighted by Crippen LogP contribution is -1.95. The van der Waals surface area contributed by atoms with Gasteiger partial charge in [0.1, 0.15) is 5.82 Å². The maximum absolute atomic E-state index is 13.8. The van der Waals surface area contributed by atoms with Crippen molar-refractivity contribution >= 4 is 33.7 Å². The average Bonchev–Trinajstić information content (AvgIpc) is 2.85. The summed E-state index contributed by atoms with van der Waals surface area (Å²) in [4.78, 5) is 1.12. The molecule has 19 heavy (non-hydrogen) atoms. The van der Waals surface area contributed by atoms with Crippen molar-refractivity contribution in [1.82, 2.24) is 0 Å². The summed E-state index contributed by atoms with van der Waals surface area (Å²) in [5, 5.41) is 3.31. The second kappa shape index (κ2) is 4.95. The van der Waals surface area contributed by atoms with Crippen LogP contribution in [0.5, 0.6) is 0 Å². The predicted octanol–water partition coefficient (Wildman–Crippen LogP) is 5.68. The quantitative estimate of drug-likeness (QED) is 0.533. The molecule has 0 nitrogen and oxygen atoms in total. The number of thiophene rings is 1. The lowest BCUT2D eigenvalue weighted by atomic mass is 10.00. The van der Waals surface area contributed by atoms with Gasteiger partial charge in [0, 0.05) is 10.3 Å². The molecule has 1 aromatic heterocycles. The fourth-order valence-electron chi connectivity index (χ4n) is 2.29. The fraction of sp³-hybridized carbons (Fsp3) is 0.125. The molecular formula is C16H12ClFS. The Labute approximate surface area is 120 Å². The number of rotatable bonds is 2. The number of halogens is 2. The van der Waals surface area contributed by atoms with E-state index in [0.29, 0.717) is 5.39 Å². The SMILES string of the molecule is Cc1ccsc1C(Cl)c1ccc(F)c2ccccc12. The molecule has 1 heterocycles. The molecule has 0 spiro atoms. The summed E-state index contributed by atoms with van der Waals surface area (Å²) in [7, 11) is 0. The minimum Gasteiger partial charge on any atom is -0.206 e. The van der Waals surface area contributed by atoms with Crippen LogP contribution in [-0.2, 0) is 0 Å². The number of aryl methyl sites for hydroxylation is 1. The smallest absolute Gasteiger partial charge is 0.131 e. The third kappa shape index (κ3) is 2.15. The minimum absolute atomic E-state index is 0.203. The molecule has 0 radical (unpaired) electrons. The maximum Gasteiger partial charge on any atom is 0.131 e. The Morgan fingerprint density at radius 1 is 1.05 bits per heavy atom. The normalized spacial score (nSPS) is 12.8. The van der Waals surface area contributed by atoms with Crippen molar-refractivity contribution in [3.05, 3.63) is 69.7 Å². The maximum atomic E-state index is 13.8. The lowest BCUT2D eigenvalue weighted by Gasteiger charge is -2.13. The van der Waals surface area contributed by atoms with Crippen LogP contribution in [0.4, 0.5) is 4.39 Å². The molecule has 0 aliphatic rings. The summed E-state index contributed by atoms with van der Waals surface area (Å²) in [5.41, 5.74) is 2.14. The van der Waals surface area contributed by atoms with Gasteiger partial charge in [-0.25, -0.2) is 4.39 Å². The zero-order valence-electron chi connectivity index (χ0n) is 10.4. The summed E-state index contributed by atoms with van der Waals surface area (Å²) in [6.45, 7) is 2.05. The topological polar surface area (TPSA) is 0 Å². The molecule has 0 amide bonds. The number of alkyl halides is 1. The highest BCUT2D eigenvalue weighted by Crippen LogP contribution is 2.38. The standard InChI is InChI=1S/C16H12ClFS/c1-10-8-9-19-16(10)15(17)13-6-7-14(18)12-5-3-2-4-11(12)13/h2-9,15H,1H3. The Balaban J connectivity index is 2.21. The first-order chi connectivity index (χ1) is 9.18. The van der Waals surface area contributed by atoms with Gasteiger partial charge in [-0.3, -0.25) is 0 Å². The van der Waals surface area contributed by atoms with Crippen LogP contribution >= 0.6 is 22.9 Å². The third-order valence-corrected chi connectivity index (χ3v) is 4.98. The van der Waals surface area contributed by atoms with Gasteiger partial charge in [0.15, 0.2) is 0 Å². The van der Waals surface area contributed by atoms with Gasteiger partial charge in [-0.05, 0) is 40.9 Å². The third-order valence-electron chi connectivity index (χ3n) is 3.31. The number of benzene rings is 2. The van der Waals surface area contributed by atoms with Gasteiger partial charge in [0.05, 0.1) is 5.38 Å². The number of hydrogen-bond acceptors (Lipinski definition) is 1. The van der Waals surface area contributed by atoms with Crippen molar-refractivity contribution < 1.29 is 4.39 Å². The molecule has 1 unspecified atom stereocenters. The first kappa shape index (κ1) is 12.6. The zero-order valence-corrected chi connectivity index (χ0v) is 11.9. The van der Waals surface area contributed by atoms with Gasteiger partial charge in [0.25, 0.3) is 0 Å². The second-order valence-corrected chi connectivity index (χ2v) is 5.90. The Morgan fingerprint density at radius 2 is 1.79 bits per heavy atom. The van der Waals surface area contributed by atoms with Crippen molar-refractivity contribution in [2.24, 2.45) is 0 Å². The molecule has 0 aliphatic carbocycles. The van der Waals surface area contributed by atoms with Crippen molar-refractivity contribution in [2.45, 2.75) is 12.3 Å². The van der Waals surface area contributed by atoms with Gasteiger partial charge < -0.3 is 0 Å². The van der Waals surface area contributed by atoms with Crippen molar-refractivity contribution in [3.8, 4) is 0 Å². The number of hydrogen-bond donors (Lipinski definition) is 0. The zero-order chi connectivity index (χ0) is 13.4. The molecule has 0 saturated carbocycles. The first-order valence-corrected chi connectivity index (χ1v) is 7.35. The highest BCUT2D eigenvalue weighted by Gasteiger charge is 2.18. The molecule has 0 fully saturated rings. The Kier molecular flexibility index (Phi) is 3.29. The summed E-state index contributed by atoms with van der Waals surface area (Å²) >= 11 is 8.24. The average molecular weight is 291 g/mol.